The molecule has 0 aliphatic heterocycles. The van der Waals surface area contributed by atoms with Crippen LogP contribution in [0.4, 0.5) is 13.2 Å². The molecule has 17 heavy (non-hydrogen) atoms. The van der Waals surface area contributed by atoms with Crippen LogP contribution in [0.1, 0.15) is 5.56 Å². The molecule has 0 bridgehead atoms. The molecule has 0 unspecified atom stereocenters. The lowest BCUT2D eigenvalue weighted by molar-refractivity contribution is -0.138. The SMILES string of the molecule is FC(F)(F)c1cc(-c2nc(=S)[nH][nH]2)ccc1Br. The first-order valence-electron chi connectivity index (χ1n) is 4.40. The molecular weight excluding hydrogens is 319 g/mol. The number of aromatic nitrogens is 3. The van der Waals surface area contributed by atoms with E-state index in [4.69, 9.17) is 12.2 Å². The van der Waals surface area contributed by atoms with Crippen molar-refractivity contribution in [3.05, 3.63) is 33.0 Å². The molecule has 2 aromatic rings. The van der Waals surface area contributed by atoms with Gasteiger partial charge in [-0.2, -0.15) is 18.2 Å². The minimum Gasteiger partial charge on any atom is -0.282 e. The Morgan fingerprint density at radius 3 is 2.47 bits per heavy atom. The predicted octanol–water partition coefficient (Wildman–Crippen LogP) is 3.92. The monoisotopic (exact) mass is 323 g/mol. The van der Waals surface area contributed by atoms with Gasteiger partial charge in [-0.05, 0) is 24.4 Å². The van der Waals surface area contributed by atoms with Gasteiger partial charge in [0.15, 0.2) is 5.82 Å². The van der Waals surface area contributed by atoms with E-state index in [1.165, 1.54) is 12.1 Å². The van der Waals surface area contributed by atoms with Gasteiger partial charge in [0.2, 0.25) is 4.77 Å². The molecule has 8 heteroatoms. The summed E-state index contributed by atoms with van der Waals surface area (Å²) in [6, 6.07) is 3.84. The summed E-state index contributed by atoms with van der Waals surface area (Å²) in [4.78, 5) is 3.85. The van der Waals surface area contributed by atoms with E-state index in [2.05, 4.69) is 31.1 Å². The number of nitrogens with zero attached hydrogens (tertiary/aromatic N) is 1. The molecular formula is C9H5BrF3N3S. The van der Waals surface area contributed by atoms with Crippen molar-refractivity contribution in [1.29, 1.82) is 0 Å². The van der Waals surface area contributed by atoms with E-state index in [0.717, 1.165) is 6.07 Å². The number of alkyl halides is 3. The average Bonchev–Trinajstić information content (AvgIpc) is 2.64. The zero-order chi connectivity index (χ0) is 12.6. The molecule has 3 nitrogen and oxygen atoms in total. The molecule has 1 heterocycles. The number of halogens is 4. The van der Waals surface area contributed by atoms with E-state index in [9.17, 15) is 13.2 Å². The van der Waals surface area contributed by atoms with Crippen LogP contribution in [0.25, 0.3) is 11.4 Å². The second-order valence-electron chi connectivity index (χ2n) is 3.21. The van der Waals surface area contributed by atoms with Crippen molar-refractivity contribution in [3.8, 4) is 11.4 Å². The molecule has 1 aromatic carbocycles. The van der Waals surface area contributed by atoms with E-state index >= 15 is 0 Å². The molecule has 0 saturated heterocycles. The van der Waals surface area contributed by atoms with Crippen LogP contribution in [0.5, 0.6) is 0 Å². The summed E-state index contributed by atoms with van der Waals surface area (Å²) in [5.74, 6) is 0.271. The van der Waals surface area contributed by atoms with Crippen LogP contribution in [0.2, 0.25) is 0 Å². The highest BCUT2D eigenvalue weighted by Gasteiger charge is 2.33. The Balaban J connectivity index is 2.55. The number of hydrogen-bond acceptors (Lipinski definition) is 2. The van der Waals surface area contributed by atoms with E-state index in [0.29, 0.717) is 5.56 Å². The Hall–Kier alpha value is -1.15. The topological polar surface area (TPSA) is 44.5 Å². The van der Waals surface area contributed by atoms with Crippen molar-refractivity contribution >= 4 is 28.1 Å². The van der Waals surface area contributed by atoms with Crippen molar-refractivity contribution in [1.82, 2.24) is 15.2 Å². The fraction of sp³-hybridized carbons (Fsp3) is 0.111. The quantitative estimate of drug-likeness (QED) is 0.781. The molecule has 2 N–H and O–H groups in total. The molecule has 0 amide bonds. The third-order valence-corrected chi connectivity index (χ3v) is 2.93. The van der Waals surface area contributed by atoms with Crippen molar-refractivity contribution in [2.75, 3.05) is 0 Å². The van der Waals surface area contributed by atoms with Gasteiger partial charge in [-0.1, -0.05) is 22.0 Å². The van der Waals surface area contributed by atoms with E-state index in [-0.39, 0.29) is 15.1 Å². The predicted molar refractivity (Wildman–Crippen MR) is 61.9 cm³/mol. The second kappa shape index (κ2) is 4.26. The standard InChI is InChI=1S/C9H5BrF3N3S/c10-6-2-1-4(3-5(6)9(11,12)13)7-14-8(17)16-15-7/h1-3H,(H2,14,15,16,17). The maximum absolute atomic E-state index is 12.7. The van der Waals surface area contributed by atoms with Crippen molar-refractivity contribution < 1.29 is 13.2 Å². The summed E-state index contributed by atoms with van der Waals surface area (Å²) in [6.07, 6.45) is -4.41. The molecule has 0 spiro atoms. The Kier molecular flexibility index (Phi) is 3.09. The number of aromatic amines is 2. The van der Waals surface area contributed by atoms with E-state index < -0.39 is 11.7 Å². The van der Waals surface area contributed by atoms with Gasteiger partial charge >= 0.3 is 6.18 Å². The number of benzene rings is 1. The molecule has 90 valence electrons. The Morgan fingerprint density at radius 1 is 1.24 bits per heavy atom. The Bertz CT molecular complexity index is 602. The third kappa shape index (κ3) is 2.58. The summed E-state index contributed by atoms with van der Waals surface area (Å²) < 4.78 is 38.2. The normalized spacial score (nSPS) is 11.8. The zero-order valence-electron chi connectivity index (χ0n) is 8.10. The van der Waals surface area contributed by atoms with Gasteiger partial charge in [0, 0.05) is 10.0 Å². The van der Waals surface area contributed by atoms with Crippen molar-refractivity contribution in [2.45, 2.75) is 6.18 Å². The lowest BCUT2D eigenvalue weighted by atomic mass is 10.1. The zero-order valence-corrected chi connectivity index (χ0v) is 10.5. The first-order valence-corrected chi connectivity index (χ1v) is 5.60. The fourth-order valence-corrected chi connectivity index (χ4v) is 1.91. The lowest BCUT2D eigenvalue weighted by Gasteiger charge is -2.09. The van der Waals surface area contributed by atoms with Gasteiger partial charge in [0.1, 0.15) is 0 Å². The largest absolute Gasteiger partial charge is 0.417 e. The minimum atomic E-state index is -4.41. The van der Waals surface area contributed by atoms with Crippen LogP contribution in [-0.2, 0) is 6.18 Å². The summed E-state index contributed by atoms with van der Waals surface area (Å²) in [6.45, 7) is 0. The highest BCUT2D eigenvalue weighted by molar-refractivity contribution is 9.10. The average molecular weight is 324 g/mol. The molecule has 0 radical (unpaired) electrons. The van der Waals surface area contributed by atoms with Crippen molar-refractivity contribution in [2.24, 2.45) is 0 Å². The molecule has 0 saturated carbocycles. The Morgan fingerprint density at radius 2 is 1.94 bits per heavy atom. The van der Waals surface area contributed by atoms with Gasteiger partial charge in [-0.3, -0.25) is 10.2 Å². The van der Waals surface area contributed by atoms with Crippen LogP contribution in [0.3, 0.4) is 0 Å². The van der Waals surface area contributed by atoms with E-state index in [1.807, 2.05) is 0 Å². The van der Waals surface area contributed by atoms with Gasteiger partial charge in [-0.15, -0.1) is 0 Å². The Labute approximate surface area is 107 Å². The number of hydrogen-bond donors (Lipinski definition) is 2. The summed E-state index contributed by atoms with van der Waals surface area (Å²) >= 11 is 7.60. The molecule has 2 rings (SSSR count). The van der Waals surface area contributed by atoms with Gasteiger partial charge in [-0.25, -0.2) is 0 Å². The molecule has 0 aliphatic carbocycles. The van der Waals surface area contributed by atoms with Crippen LogP contribution >= 0.6 is 28.1 Å². The van der Waals surface area contributed by atoms with Crippen LogP contribution < -0.4 is 0 Å². The molecule has 0 fully saturated rings. The molecule has 0 atom stereocenters. The fourth-order valence-electron chi connectivity index (χ4n) is 1.30. The number of H-pyrrole nitrogens is 2. The summed E-state index contributed by atoms with van der Waals surface area (Å²) in [7, 11) is 0. The number of rotatable bonds is 1. The summed E-state index contributed by atoms with van der Waals surface area (Å²) in [5, 5.41) is 5.12. The van der Waals surface area contributed by atoms with Gasteiger partial charge < -0.3 is 0 Å². The van der Waals surface area contributed by atoms with Crippen LogP contribution in [-0.4, -0.2) is 15.2 Å². The van der Waals surface area contributed by atoms with Crippen LogP contribution in [0.15, 0.2) is 22.7 Å². The maximum Gasteiger partial charge on any atom is 0.417 e. The molecule has 1 aromatic heterocycles. The second-order valence-corrected chi connectivity index (χ2v) is 4.45. The van der Waals surface area contributed by atoms with Gasteiger partial charge in [0.25, 0.3) is 0 Å². The highest BCUT2D eigenvalue weighted by Crippen LogP contribution is 2.36. The lowest BCUT2D eigenvalue weighted by Crippen LogP contribution is -2.06. The summed E-state index contributed by atoms with van der Waals surface area (Å²) in [5.41, 5.74) is -0.440. The highest BCUT2D eigenvalue weighted by atomic mass is 79.9. The smallest absolute Gasteiger partial charge is 0.282 e. The first kappa shape index (κ1) is 12.3. The first-order chi connectivity index (χ1) is 7.88. The molecule has 0 aliphatic rings. The van der Waals surface area contributed by atoms with Crippen molar-refractivity contribution in [3.63, 3.8) is 0 Å². The van der Waals surface area contributed by atoms with Crippen LogP contribution in [0, 0.1) is 4.77 Å². The van der Waals surface area contributed by atoms with Gasteiger partial charge in [0.05, 0.1) is 5.56 Å². The van der Waals surface area contributed by atoms with E-state index in [1.54, 1.807) is 0 Å². The minimum absolute atomic E-state index is 0.0112. The number of nitrogens with one attached hydrogen (secondary N) is 2. The maximum atomic E-state index is 12.7. The third-order valence-electron chi connectivity index (χ3n) is 2.05.